The molecule has 1 amide bonds. The molecule has 0 fully saturated rings. The third-order valence-electron chi connectivity index (χ3n) is 4.56. The first-order valence-electron chi connectivity index (χ1n) is 10.1. The normalized spacial score (nSPS) is 10.3. The number of hydrogen-bond donors (Lipinski definition) is 1. The van der Waals surface area contributed by atoms with Gasteiger partial charge in [-0.25, -0.2) is 4.79 Å². The summed E-state index contributed by atoms with van der Waals surface area (Å²) in [7, 11) is 3.05. The van der Waals surface area contributed by atoms with Crippen LogP contribution in [0, 0.1) is 10.1 Å². The lowest BCUT2D eigenvalue weighted by Gasteiger charge is -2.08. The Hall–Kier alpha value is -4.12. The Morgan fingerprint density at radius 2 is 1.76 bits per heavy atom. The first kappa shape index (κ1) is 24.5. The third kappa shape index (κ3) is 5.62. The van der Waals surface area contributed by atoms with Crippen molar-refractivity contribution >= 4 is 34.6 Å². The lowest BCUT2D eigenvalue weighted by molar-refractivity contribution is -0.385. The van der Waals surface area contributed by atoms with Gasteiger partial charge >= 0.3 is 11.7 Å². The van der Waals surface area contributed by atoms with Crippen LogP contribution in [-0.4, -0.2) is 44.2 Å². The molecular formula is C23H22N2O8S. The van der Waals surface area contributed by atoms with E-state index in [9.17, 15) is 19.7 Å². The third-order valence-corrected chi connectivity index (χ3v) is 5.72. The number of nitrogens with zero attached hydrogens (tertiary/aromatic N) is 1. The second-order valence-corrected chi connectivity index (χ2v) is 7.76. The van der Waals surface area contributed by atoms with E-state index >= 15 is 0 Å². The molecule has 0 saturated carbocycles. The number of para-hydroxylation sites is 2. The zero-order chi connectivity index (χ0) is 24.7. The molecule has 0 saturated heterocycles. The minimum Gasteiger partial charge on any atom is -0.493 e. The van der Waals surface area contributed by atoms with Gasteiger partial charge < -0.3 is 24.3 Å². The zero-order valence-corrected chi connectivity index (χ0v) is 19.5. The number of thiophene rings is 1. The summed E-state index contributed by atoms with van der Waals surface area (Å²) < 4.78 is 21.0. The predicted molar refractivity (Wildman–Crippen MR) is 126 cm³/mol. The standard InChI is InChI=1S/C23H22N2O8S/c1-4-32-23(27)22-15(12-20(34-22)14-9-10-18(30-2)19(11-14)31-3)24-21(26)13-33-17-8-6-5-7-16(17)25(28)29/h5-12H,4,13H2,1-3H3,(H,24,26). The number of amides is 1. The number of nitro groups is 1. The molecular weight excluding hydrogens is 464 g/mol. The summed E-state index contributed by atoms with van der Waals surface area (Å²) >= 11 is 1.14. The molecule has 1 heterocycles. The number of carbonyl (C=O) groups is 2. The number of methoxy groups -OCH3 is 2. The Morgan fingerprint density at radius 1 is 1.03 bits per heavy atom. The van der Waals surface area contributed by atoms with Crippen LogP contribution in [0.2, 0.25) is 0 Å². The first-order valence-corrected chi connectivity index (χ1v) is 10.9. The average molecular weight is 487 g/mol. The van der Waals surface area contributed by atoms with E-state index in [1.165, 1.54) is 32.4 Å². The molecule has 1 N–H and O–H groups in total. The number of carbonyl (C=O) groups excluding carboxylic acids is 2. The van der Waals surface area contributed by atoms with Gasteiger partial charge in [-0.1, -0.05) is 12.1 Å². The van der Waals surface area contributed by atoms with E-state index in [2.05, 4.69) is 5.32 Å². The van der Waals surface area contributed by atoms with Crippen molar-refractivity contribution < 1.29 is 33.5 Å². The van der Waals surface area contributed by atoms with Crippen LogP contribution in [0.25, 0.3) is 10.4 Å². The van der Waals surface area contributed by atoms with Gasteiger partial charge in [0.25, 0.3) is 5.91 Å². The summed E-state index contributed by atoms with van der Waals surface area (Å²) in [6.45, 7) is 1.35. The van der Waals surface area contributed by atoms with Gasteiger partial charge in [-0.05, 0) is 42.8 Å². The number of anilines is 1. The van der Waals surface area contributed by atoms with Crippen LogP contribution in [0.5, 0.6) is 17.2 Å². The molecule has 0 unspecified atom stereocenters. The molecule has 3 rings (SSSR count). The summed E-state index contributed by atoms with van der Waals surface area (Å²) in [4.78, 5) is 36.4. The fourth-order valence-electron chi connectivity index (χ4n) is 3.02. The van der Waals surface area contributed by atoms with E-state index in [0.717, 1.165) is 16.9 Å². The van der Waals surface area contributed by atoms with Gasteiger partial charge in [0.05, 0.1) is 31.4 Å². The first-order chi connectivity index (χ1) is 16.4. The van der Waals surface area contributed by atoms with Gasteiger partial charge in [-0.2, -0.15) is 0 Å². The molecule has 178 valence electrons. The van der Waals surface area contributed by atoms with Crippen LogP contribution in [0.4, 0.5) is 11.4 Å². The summed E-state index contributed by atoms with van der Waals surface area (Å²) in [5.41, 5.74) is 0.725. The van der Waals surface area contributed by atoms with Gasteiger partial charge in [0.1, 0.15) is 4.88 Å². The Balaban J connectivity index is 1.84. The van der Waals surface area contributed by atoms with E-state index in [1.807, 2.05) is 0 Å². The Morgan fingerprint density at radius 3 is 2.44 bits per heavy atom. The highest BCUT2D eigenvalue weighted by molar-refractivity contribution is 7.18. The van der Waals surface area contributed by atoms with Crippen molar-refractivity contribution in [1.82, 2.24) is 0 Å². The van der Waals surface area contributed by atoms with Crippen molar-refractivity contribution in [2.24, 2.45) is 0 Å². The van der Waals surface area contributed by atoms with Crippen LogP contribution in [0.15, 0.2) is 48.5 Å². The number of ether oxygens (including phenoxy) is 4. The maximum atomic E-state index is 12.5. The van der Waals surface area contributed by atoms with Gasteiger partial charge in [0, 0.05) is 10.9 Å². The predicted octanol–water partition coefficient (Wildman–Crippen LogP) is 4.53. The SMILES string of the molecule is CCOC(=O)c1sc(-c2ccc(OC)c(OC)c2)cc1NC(=O)COc1ccccc1[N+](=O)[O-]. The van der Waals surface area contributed by atoms with Crippen molar-refractivity contribution in [1.29, 1.82) is 0 Å². The number of rotatable bonds is 10. The maximum absolute atomic E-state index is 12.5. The molecule has 0 aliphatic carbocycles. The van der Waals surface area contributed by atoms with E-state index in [4.69, 9.17) is 18.9 Å². The zero-order valence-electron chi connectivity index (χ0n) is 18.7. The van der Waals surface area contributed by atoms with Gasteiger partial charge in [-0.15, -0.1) is 11.3 Å². The van der Waals surface area contributed by atoms with Crippen molar-refractivity contribution in [3.8, 4) is 27.7 Å². The second kappa shape index (κ2) is 11.1. The van der Waals surface area contributed by atoms with Crippen molar-refractivity contribution in [2.45, 2.75) is 6.92 Å². The van der Waals surface area contributed by atoms with Crippen LogP contribution in [0.1, 0.15) is 16.6 Å². The molecule has 0 aliphatic heterocycles. The molecule has 0 atom stereocenters. The highest BCUT2D eigenvalue weighted by atomic mass is 32.1. The minimum absolute atomic E-state index is 0.0374. The number of nitrogens with one attached hydrogen (secondary N) is 1. The molecule has 0 bridgehead atoms. The topological polar surface area (TPSA) is 126 Å². The molecule has 0 aliphatic rings. The van der Waals surface area contributed by atoms with Gasteiger partial charge in [0.2, 0.25) is 0 Å². The van der Waals surface area contributed by atoms with Crippen LogP contribution < -0.4 is 19.5 Å². The number of benzene rings is 2. The van der Waals surface area contributed by atoms with E-state index in [1.54, 1.807) is 37.3 Å². The molecule has 11 heteroatoms. The van der Waals surface area contributed by atoms with Gasteiger partial charge in [0.15, 0.2) is 23.9 Å². The number of nitro benzene ring substituents is 1. The number of esters is 1. The lowest BCUT2D eigenvalue weighted by Crippen LogP contribution is -2.21. The largest absolute Gasteiger partial charge is 0.493 e. The molecule has 34 heavy (non-hydrogen) atoms. The Kier molecular flexibility index (Phi) is 8.04. The Labute approximate surface area is 199 Å². The fraction of sp³-hybridized carbons (Fsp3) is 0.217. The van der Waals surface area contributed by atoms with E-state index in [-0.39, 0.29) is 28.6 Å². The Bertz CT molecular complexity index is 1210. The van der Waals surface area contributed by atoms with Crippen LogP contribution in [-0.2, 0) is 9.53 Å². The quantitative estimate of drug-likeness (QED) is 0.252. The van der Waals surface area contributed by atoms with Crippen molar-refractivity contribution in [3.05, 3.63) is 63.5 Å². The summed E-state index contributed by atoms with van der Waals surface area (Å²) in [5.74, 6) is -0.164. The summed E-state index contributed by atoms with van der Waals surface area (Å²) in [6, 6.07) is 12.7. The second-order valence-electron chi connectivity index (χ2n) is 6.71. The van der Waals surface area contributed by atoms with E-state index < -0.39 is 23.4 Å². The smallest absolute Gasteiger partial charge is 0.350 e. The minimum atomic E-state index is -0.597. The monoisotopic (exact) mass is 486 g/mol. The molecule has 0 spiro atoms. The highest BCUT2D eigenvalue weighted by Gasteiger charge is 2.22. The van der Waals surface area contributed by atoms with Gasteiger partial charge in [-0.3, -0.25) is 14.9 Å². The summed E-state index contributed by atoms with van der Waals surface area (Å²) in [6.07, 6.45) is 0. The lowest BCUT2D eigenvalue weighted by atomic mass is 10.1. The van der Waals surface area contributed by atoms with Crippen molar-refractivity contribution in [2.75, 3.05) is 32.8 Å². The van der Waals surface area contributed by atoms with Crippen LogP contribution >= 0.6 is 11.3 Å². The summed E-state index contributed by atoms with van der Waals surface area (Å²) in [5, 5.41) is 13.8. The highest BCUT2D eigenvalue weighted by Crippen LogP contribution is 2.39. The molecule has 1 aromatic heterocycles. The number of hydrogen-bond acceptors (Lipinski definition) is 9. The maximum Gasteiger partial charge on any atom is 0.350 e. The molecule has 3 aromatic rings. The molecule has 0 radical (unpaired) electrons. The molecule has 2 aromatic carbocycles. The van der Waals surface area contributed by atoms with Crippen molar-refractivity contribution in [3.63, 3.8) is 0 Å². The van der Waals surface area contributed by atoms with Crippen LogP contribution in [0.3, 0.4) is 0 Å². The van der Waals surface area contributed by atoms with E-state index in [0.29, 0.717) is 16.4 Å². The fourth-order valence-corrected chi connectivity index (χ4v) is 4.03. The average Bonchev–Trinajstić information content (AvgIpc) is 3.26. The molecule has 10 nitrogen and oxygen atoms in total.